The number of hydrogen-bond acceptors (Lipinski definition) is 3. The Balaban J connectivity index is 1.63. The molecule has 0 spiro atoms. The minimum Gasteiger partial charge on any atom is -0.493 e. The molecule has 0 aromatic heterocycles. The summed E-state index contributed by atoms with van der Waals surface area (Å²) < 4.78 is 34.5. The number of fused-ring (bicyclic) bond motifs is 1. The van der Waals surface area contributed by atoms with Crippen LogP contribution in [0.25, 0.3) is 0 Å². The molecule has 5 nitrogen and oxygen atoms in total. The van der Waals surface area contributed by atoms with Gasteiger partial charge in [-0.1, -0.05) is 30.3 Å². The van der Waals surface area contributed by atoms with E-state index < -0.39 is 6.61 Å². The Labute approximate surface area is 144 Å². The van der Waals surface area contributed by atoms with E-state index in [1.165, 1.54) is 12.1 Å². The minimum absolute atomic E-state index is 0.0298. The van der Waals surface area contributed by atoms with Gasteiger partial charge in [-0.3, -0.25) is 0 Å². The third-order valence-corrected chi connectivity index (χ3v) is 3.84. The number of guanidine groups is 1. The van der Waals surface area contributed by atoms with E-state index in [9.17, 15) is 8.78 Å². The van der Waals surface area contributed by atoms with Crippen molar-refractivity contribution in [2.45, 2.75) is 25.6 Å². The second-order valence-corrected chi connectivity index (χ2v) is 5.60. The number of nitrogens with two attached hydrogens (primary N) is 1. The molecule has 0 saturated heterocycles. The maximum Gasteiger partial charge on any atom is 0.387 e. The highest BCUT2D eigenvalue weighted by Crippen LogP contribution is 2.31. The predicted molar refractivity (Wildman–Crippen MR) is 90.8 cm³/mol. The molecule has 0 fully saturated rings. The van der Waals surface area contributed by atoms with Gasteiger partial charge in [-0.05, 0) is 23.8 Å². The molecule has 0 amide bonds. The van der Waals surface area contributed by atoms with Gasteiger partial charge in [-0.2, -0.15) is 8.78 Å². The molecule has 25 heavy (non-hydrogen) atoms. The van der Waals surface area contributed by atoms with Crippen LogP contribution in [0.1, 0.15) is 23.6 Å². The number of halogens is 2. The molecular weight excluding hydrogens is 328 g/mol. The Morgan fingerprint density at radius 3 is 2.96 bits per heavy atom. The van der Waals surface area contributed by atoms with E-state index in [0.29, 0.717) is 12.6 Å². The van der Waals surface area contributed by atoms with E-state index in [1.807, 2.05) is 24.3 Å². The van der Waals surface area contributed by atoms with Gasteiger partial charge in [-0.15, -0.1) is 0 Å². The molecule has 1 atom stereocenters. The van der Waals surface area contributed by atoms with E-state index in [1.54, 1.807) is 12.1 Å². The summed E-state index contributed by atoms with van der Waals surface area (Å²) in [5.74, 6) is 1.24. The van der Waals surface area contributed by atoms with E-state index >= 15 is 0 Å². The van der Waals surface area contributed by atoms with Gasteiger partial charge in [0.2, 0.25) is 0 Å². The lowest BCUT2D eigenvalue weighted by Gasteiger charge is -2.26. The van der Waals surface area contributed by atoms with Crippen LogP contribution in [-0.4, -0.2) is 19.2 Å². The lowest BCUT2D eigenvalue weighted by molar-refractivity contribution is -0.0498. The van der Waals surface area contributed by atoms with Crippen LogP contribution in [0.4, 0.5) is 8.78 Å². The largest absolute Gasteiger partial charge is 0.493 e. The molecule has 0 bridgehead atoms. The summed E-state index contributed by atoms with van der Waals surface area (Å²) >= 11 is 0. The molecule has 132 valence electrons. The zero-order valence-electron chi connectivity index (χ0n) is 13.5. The Morgan fingerprint density at radius 1 is 1.28 bits per heavy atom. The highest BCUT2D eigenvalue weighted by atomic mass is 19.3. The van der Waals surface area contributed by atoms with Crippen molar-refractivity contribution in [3.8, 4) is 11.5 Å². The summed E-state index contributed by atoms with van der Waals surface area (Å²) in [6, 6.07) is 14.2. The maximum absolute atomic E-state index is 12.3. The van der Waals surface area contributed by atoms with Gasteiger partial charge < -0.3 is 20.5 Å². The molecule has 0 aliphatic carbocycles. The molecule has 2 aromatic carbocycles. The summed E-state index contributed by atoms with van der Waals surface area (Å²) in [6.07, 6.45) is 0.783. The smallest absolute Gasteiger partial charge is 0.387 e. The number of nitrogens with one attached hydrogen (secondary N) is 1. The quantitative estimate of drug-likeness (QED) is 0.644. The average molecular weight is 347 g/mol. The summed E-state index contributed by atoms with van der Waals surface area (Å²) in [6.45, 7) is -1.97. The third-order valence-electron chi connectivity index (χ3n) is 3.84. The molecule has 1 heterocycles. The molecule has 2 aromatic rings. The van der Waals surface area contributed by atoms with Gasteiger partial charge >= 0.3 is 6.61 Å². The Kier molecular flexibility index (Phi) is 5.33. The predicted octanol–water partition coefficient (Wildman–Crippen LogP) is 3.22. The van der Waals surface area contributed by atoms with E-state index in [4.69, 9.17) is 10.5 Å². The first kappa shape index (κ1) is 17.0. The van der Waals surface area contributed by atoms with Gasteiger partial charge in [0.25, 0.3) is 0 Å². The fourth-order valence-corrected chi connectivity index (χ4v) is 2.71. The third kappa shape index (κ3) is 4.59. The molecule has 0 radical (unpaired) electrons. The number of aliphatic imine (C=N–C) groups is 1. The molecule has 1 aliphatic rings. The first-order valence-electron chi connectivity index (χ1n) is 7.94. The normalized spacial score (nSPS) is 16.9. The highest BCUT2D eigenvalue weighted by Gasteiger charge is 2.21. The Morgan fingerprint density at radius 2 is 2.12 bits per heavy atom. The molecule has 0 saturated carbocycles. The van der Waals surface area contributed by atoms with Crippen LogP contribution in [0.3, 0.4) is 0 Å². The van der Waals surface area contributed by atoms with Crippen LogP contribution >= 0.6 is 0 Å². The topological polar surface area (TPSA) is 68.9 Å². The molecule has 3 N–H and O–H groups in total. The number of para-hydroxylation sites is 1. The van der Waals surface area contributed by atoms with Crippen LogP contribution < -0.4 is 20.5 Å². The first-order chi connectivity index (χ1) is 12.1. The van der Waals surface area contributed by atoms with Gasteiger partial charge in [0, 0.05) is 12.0 Å². The number of nitrogens with zero attached hydrogens (tertiary/aromatic N) is 1. The van der Waals surface area contributed by atoms with Crippen molar-refractivity contribution in [2.75, 3.05) is 6.61 Å². The summed E-state index contributed by atoms with van der Waals surface area (Å²) in [5.41, 5.74) is 7.75. The molecule has 3 rings (SSSR count). The number of alkyl halides is 2. The lowest BCUT2D eigenvalue weighted by Crippen LogP contribution is -2.37. The van der Waals surface area contributed by atoms with Gasteiger partial charge in [-0.25, -0.2) is 4.99 Å². The van der Waals surface area contributed by atoms with E-state index in [2.05, 4.69) is 15.0 Å². The SMILES string of the molecule is NC(=NCc1cccc(OC(F)F)c1)NC1CCOc2ccccc21. The van der Waals surface area contributed by atoms with Crippen molar-refractivity contribution in [3.63, 3.8) is 0 Å². The maximum atomic E-state index is 12.3. The summed E-state index contributed by atoms with van der Waals surface area (Å²) in [4.78, 5) is 4.28. The Bertz CT molecular complexity index is 753. The second-order valence-electron chi connectivity index (χ2n) is 5.60. The second kappa shape index (κ2) is 7.83. The van der Waals surface area contributed by atoms with Gasteiger partial charge in [0.1, 0.15) is 11.5 Å². The number of ether oxygens (including phenoxy) is 2. The lowest BCUT2D eigenvalue weighted by atomic mass is 10.0. The zero-order chi connectivity index (χ0) is 17.6. The molecule has 7 heteroatoms. The van der Waals surface area contributed by atoms with Crippen LogP contribution in [0.5, 0.6) is 11.5 Å². The monoisotopic (exact) mass is 347 g/mol. The first-order valence-corrected chi connectivity index (χ1v) is 7.94. The molecule has 1 unspecified atom stereocenters. The van der Waals surface area contributed by atoms with Crippen molar-refractivity contribution in [2.24, 2.45) is 10.7 Å². The number of benzene rings is 2. The standard InChI is InChI=1S/C18H19F2N3O2/c19-17(20)25-13-5-3-4-12(10-13)11-22-18(21)23-15-8-9-24-16-7-2-1-6-14(15)16/h1-7,10,15,17H,8-9,11H2,(H3,21,22,23). The summed E-state index contributed by atoms with van der Waals surface area (Å²) in [5, 5.41) is 3.19. The van der Waals surface area contributed by atoms with Gasteiger partial charge in [0.05, 0.1) is 19.2 Å². The fraction of sp³-hybridized carbons (Fsp3) is 0.278. The van der Waals surface area contributed by atoms with Crippen LogP contribution in [0, 0.1) is 0 Å². The molecule has 1 aliphatic heterocycles. The van der Waals surface area contributed by atoms with Crippen molar-refractivity contribution in [3.05, 3.63) is 59.7 Å². The number of rotatable bonds is 5. The van der Waals surface area contributed by atoms with Crippen molar-refractivity contribution in [1.29, 1.82) is 0 Å². The van der Waals surface area contributed by atoms with Gasteiger partial charge in [0.15, 0.2) is 5.96 Å². The highest BCUT2D eigenvalue weighted by molar-refractivity contribution is 5.78. The van der Waals surface area contributed by atoms with Crippen molar-refractivity contribution in [1.82, 2.24) is 5.32 Å². The Hall–Kier alpha value is -2.83. The zero-order valence-corrected chi connectivity index (χ0v) is 13.5. The van der Waals surface area contributed by atoms with E-state index in [0.717, 1.165) is 23.3 Å². The number of hydrogen-bond donors (Lipinski definition) is 2. The van der Waals surface area contributed by atoms with Crippen LogP contribution in [0.2, 0.25) is 0 Å². The molecular formula is C18H19F2N3O2. The fourth-order valence-electron chi connectivity index (χ4n) is 2.71. The van der Waals surface area contributed by atoms with Crippen LogP contribution in [0.15, 0.2) is 53.5 Å². The minimum atomic E-state index is -2.85. The summed E-state index contributed by atoms with van der Waals surface area (Å²) in [7, 11) is 0. The van der Waals surface area contributed by atoms with Crippen LogP contribution in [-0.2, 0) is 6.54 Å². The van der Waals surface area contributed by atoms with Crippen molar-refractivity contribution < 1.29 is 18.3 Å². The van der Waals surface area contributed by atoms with Crippen molar-refractivity contribution >= 4 is 5.96 Å². The average Bonchev–Trinajstić information content (AvgIpc) is 2.60. The van der Waals surface area contributed by atoms with E-state index in [-0.39, 0.29) is 18.3 Å².